The zero-order valence-corrected chi connectivity index (χ0v) is 13.6. The normalized spacial score (nSPS) is 10.4. The molecule has 0 radical (unpaired) electrons. The van der Waals surface area contributed by atoms with Gasteiger partial charge in [0.25, 0.3) is 0 Å². The average molecular weight is 316 g/mol. The van der Waals surface area contributed by atoms with Crippen LogP contribution in [0.15, 0.2) is 91.0 Å². The van der Waals surface area contributed by atoms with Gasteiger partial charge in [0, 0.05) is 12.7 Å². The van der Waals surface area contributed by atoms with E-state index in [0.29, 0.717) is 0 Å². The predicted molar refractivity (Wildman–Crippen MR) is 98.0 cm³/mol. The van der Waals surface area contributed by atoms with Gasteiger partial charge in [0.05, 0.1) is 6.04 Å². The highest BCUT2D eigenvalue weighted by atomic mass is 16.2. The quantitative estimate of drug-likeness (QED) is 0.726. The summed E-state index contributed by atoms with van der Waals surface area (Å²) in [6.45, 7) is 0. The molecule has 0 heterocycles. The average Bonchev–Trinajstić information content (AvgIpc) is 2.64. The van der Waals surface area contributed by atoms with E-state index in [1.165, 1.54) is 0 Å². The molecule has 3 nitrogen and oxygen atoms in total. The highest BCUT2D eigenvalue weighted by Gasteiger charge is 2.23. The minimum atomic E-state index is -0.142. The Kier molecular flexibility index (Phi) is 4.92. The number of benzene rings is 3. The van der Waals surface area contributed by atoms with E-state index < -0.39 is 0 Å². The second-order valence-corrected chi connectivity index (χ2v) is 5.63. The van der Waals surface area contributed by atoms with Crippen molar-refractivity contribution in [3.63, 3.8) is 0 Å². The van der Waals surface area contributed by atoms with E-state index in [4.69, 9.17) is 0 Å². The predicted octanol–water partition coefficient (Wildman–Crippen LogP) is 4.94. The fourth-order valence-corrected chi connectivity index (χ4v) is 2.76. The molecule has 3 heteroatoms. The Hall–Kier alpha value is -3.07. The lowest BCUT2D eigenvalue weighted by Gasteiger charge is -2.29. The first-order valence-electron chi connectivity index (χ1n) is 7.94. The Morgan fingerprint density at radius 3 is 1.62 bits per heavy atom. The lowest BCUT2D eigenvalue weighted by Crippen LogP contribution is -2.35. The van der Waals surface area contributed by atoms with E-state index in [-0.39, 0.29) is 12.1 Å². The Balaban J connectivity index is 1.89. The van der Waals surface area contributed by atoms with Gasteiger partial charge in [-0.15, -0.1) is 0 Å². The Bertz CT molecular complexity index is 733. The lowest BCUT2D eigenvalue weighted by atomic mass is 9.98. The van der Waals surface area contributed by atoms with Crippen molar-refractivity contribution in [3.05, 3.63) is 102 Å². The number of anilines is 1. The number of urea groups is 1. The molecule has 0 fully saturated rings. The summed E-state index contributed by atoms with van der Waals surface area (Å²) < 4.78 is 0. The minimum absolute atomic E-state index is 0.140. The van der Waals surface area contributed by atoms with Crippen LogP contribution < -0.4 is 5.32 Å². The summed E-state index contributed by atoms with van der Waals surface area (Å²) >= 11 is 0. The summed E-state index contributed by atoms with van der Waals surface area (Å²) in [7, 11) is 1.82. The molecule has 2 amide bonds. The van der Waals surface area contributed by atoms with Crippen LogP contribution in [-0.4, -0.2) is 18.0 Å². The van der Waals surface area contributed by atoms with Crippen LogP contribution in [0.4, 0.5) is 10.5 Å². The molecule has 120 valence electrons. The van der Waals surface area contributed by atoms with Gasteiger partial charge in [-0.3, -0.25) is 0 Å². The van der Waals surface area contributed by atoms with Crippen molar-refractivity contribution in [2.24, 2.45) is 0 Å². The number of hydrogen-bond acceptors (Lipinski definition) is 1. The van der Waals surface area contributed by atoms with Crippen molar-refractivity contribution < 1.29 is 4.79 Å². The summed E-state index contributed by atoms with van der Waals surface area (Å²) in [5.74, 6) is 0. The molecule has 0 aromatic heterocycles. The molecule has 3 aromatic carbocycles. The van der Waals surface area contributed by atoms with Gasteiger partial charge in [0.1, 0.15) is 0 Å². The van der Waals surface area contributed by atoms with Crippen molar-refractivity contribution in [2.75, 3.05) is 12.4 Å². The maximum absolute atomic E-state index is 12.7. The third-order valence-electron chi connectivity index (χ3n) is 3.96. The maximum Gasteiger partial charge on any atom is 0.322 e. The summed E-state index contributed by atoms with van der Waals surface area (Å²) in [5, 5.41) is 2.95. The smallest absolute Gasteiger partial charge is 0.316 e. The van der Waals surface area contributed by atoms with Crippen molar-refractivity contribution in [2.45, 2.75) is 6.04 Å². The molecule has 1 N–H and O–H groups in total. The van der Waals surface area contributed by atoms with Crippen LogP contribution in [0.2, 0.25) is 0 Å². The molecule has 0 saturated carbocycles. The maximum atomic E-state index is 12.7. The largest absolute Gasteiger partial charge is 0.322 e. The van der Waals surface area contributed by atoms with Crippen LogP contribution in [-0.2, 0) is 0 Å². The van der Waals surface area contributed by atoms with Crippen molar-refractivity contribution >= 4 is 11.7 Å². The van der Waals surface area contributed by atoms with Crippen LogP contribution in [0.3, 0.4) is 0 Å². The number of carbonyl (C=O) groups is 1. The van der Waals surface area contributed by atoms with Gasteiger partial charge in [-0.05, 0) is 23.3 Å². The van der Waals surface area contributed by atoms with Crippen molar-refractivity contribution in [1.82, 2.24) is 4.90 Å². The fraction of sp³-hybridized carbons (Fsp3) is 0.0952. The molecule has 0 unspecified atom stereocenters. The third-order valence-corrected chi connectivity index (χ3v) is 3.96. The zero-order chi connectivity index (χ0) is 16.8. The first-order chi connectivity index (χ1) is 11.8. The number of rotatable bonds is 4. The monoisotopic (exact) mass is 316 g/mol. The summed E-state index contributed by atoms with van der Waals surface area (Å²) in [6, 6.07) is 29.3. The van der Waals surface area contributed by atoms with Gasteiger partial charge < -0.3 is 10.2 Å². The molecular weight excluding hydrogens is 296 g/mol. The molecular formula is C21H20N2O. The van der Waals surface area contributed by atoms with Gasteiger partial charge in [0.2, 0.25) is 0 Å². The molecule has 0 aliphatic heterocycles. The molecule has 0 spiro atoms. The molecule has 0 atom stereocenters. The number of hydrogen-bond donors (Lipinski definition) is 1. The highest BCUT2D eigenvalue weighted by molar-refractivity contribution is 5.89. The Morgan fingerprint density at radius 1 is 0.750 bits per heavy atom. The van der Waals surface area contributed by atoms with Crippen LogP contribution in [0, 0.1) is 0 Å². The van der Waals surface area contributed by atoms with Gasteiger partial charge in [-0.1, -0.05) is 78.9 Å². The van der Waals surface area contributed by atoms with E-state index in [1.54, 1.807) is 4.90 Å². The minimum Gasteiger partial charge on any atom is -0.316 e. The van der Waals surface area contributed by atoms with Gasteiger partial charge in [0.15, 0.2) is 0 Å². The number of amides is 2. The van der Waals surface area contributed by atoms with Crippen molar-refractivity contribution in [1.29, 1.82) is 0 Å². The SMILES string of the molecule is CN(C(=O)Nc1ccccc1)C(c1ccccc1)c1ccccc1. The molecule has 0 saturated heterocycles. The number of nitrogens with one attached hydrogen (secondary N) is 1. The van der Waals surface area contributed by atoms with Crippen LogP contribution in [0.25, 0.3) is 0 Å². The summed E-state index contributed by atoms with van der Waals surface area (Å²) in [5.41, 5.74) is 2.94. The van der Waals surface area contributed by atoms with E-state index in [1.807, 2.05) is 98.0 Å². The van der Waals surface area contributed by atoms with Gasteiger partial charge in [-0.2, -0.15) is 0 Å². The van der Waals surface area contributed by atoms with Gasteiger partial charge in [-0.25, -0.2) is 4.79 Å². The summed E-state index contributed by atoms with van der Waals surface area (Å²) in [6.07, 6.45) is 0. The number of carbonyl (C=O) groups excluding carboxylic acids is 1. The molecule has 24 heavy (non-hydrogen) atoms. The van der Waals surface area contributed by atoms with Crippen LogP contribution >= 0.6 is 0 Å². The standard InChI is InChI=1S/C21H20N2O/c1-23(21(24)22-19-15-9-4-10-16-19)20(17-11-5-2-6-12-17)18-13-7-3-8-14-18/h2-16,20H,1H3,(H,22,24). The van der Waals surface area contributed by atoms with Crippen LogP contribution in [0.1, 0.15) is 17.2 Å². The fourth-order valence-electron chi connectivity index (χ4n) is 2.76. The second-order valence-electron chi connectivity index (χ2n) is 5.63. The highest BCUT2D eigenvalue weighted by Crippen LogP contribution is 2.28. The van der Waals surface area contributed by atoms with Crippen LogP contribution in [0.5, 0.6) is 0 Å². The molecule has 0 aliphatic carbocycles. The van der Waals surface area contributed by atoms with E-state index >= 15 is 0 Å². The lowest BCUT2D eigenvalue weighted by molar-refractivity contribution is 0.212. The summed E-state index contributed by atoms with van der Waals surface area (Å²) in [4.78, 5) is 14.4. The third kappa shape index (κ3) is 3.63. The Morgan fingerprint density at radius 2 is 1.17 bits per heavy atom. The van der Waals surface area contributed by atoms with Crippen molar-refractivity contribution in [3.8, 4) is 0 Å². The zero-order valence-electron chi connectivity index (χ0n) is 13.6. The molecule has 3 aromatic rings. The Labute approximate surface area is 142 Å². The van der Waals surface area contributed by atoms with E-state index in [9.17, 15) is 4.79 Å². The number of nitrogens with zero attached hydrogens (tertiary/aromatic N) is 1. The van der Waals surface area contributed by atoms with E-state index in [0.717, 1.165) is 16.8 Å². The molecule has 0 bridgehead atoms. The van der Waals surface area contributed by atoms with E-state index in [2.05, 4.69) is 5.32 Å². The number of para-hydroxylation sites is 1. The molecule has 0 aliphatic rings. The first-order valence-corrected chi connectivity index (χ1v) is 7.94. The first kappa shape index (κ1) is 15.8. The second kappa shape index (κ2) is 7.47. The molecule has 3 rings (SSSR count). The van der Waals surface area contributed by atoms with Gasteiger partial charge >= 0.3 is 6.03 Å². The topological polar surface area (TPSA) is 32.3 Å².